The number of anilines is 1. The summed E-state index contributed by atoms with van der Waals surface area (Å²) in [5.74, 6) is 0.277. The van der Waals surface area contributed by atoms with E-state index in [1.807, 2.05) is 63.2 Å². The van der Waals surface area contributed by atoms with Crippen LogP contribution in [0.3, 0.4) is 0 Å². The molecule has 4 rings (SSSR count). The van der Waals surface area contributed by atoms with E-state index in [0.29, 0.717) is 17.8 Å². The van der Waals surface area contributed by atoms with Crippen LogP contribution >= 0.6 is 0 Å². The molecule has 0 N–H and O–H groups in total. The van der Waals surface area contributed by atoms with Crippen molar-refractivity contribution < 1.29 is 18.7 Å². The van der Waals surface area contributed by atoms with Crippen molar-refractivity contribution in [3.63, 3.8) is 0 Å². The van der Waals surface area contributed by atoms with Crippen molar-refractivity contribution in [2.24, 2.45) is 0 Å². The SMILES string of the molecule is CC(C)(C)OC(=O)C(C)(C)Oc1cccc(CCN(c2nc3ccccc3o2)C2CCCCC2)c1. The highest BCUT2D eigenvalue weighted by Crippen LogP contribution is 2.30. The van der Waals surface area contributed by atoms with E-state index in [1.54, 1.807) is 13.8 Å². The van der Waals surface area contributed by atoms with Crippen molar-refractivity contribution in [3.8, 4) is 5.75 Å². The van der Waals surface area contributed by atoms with Crippen LogP contribution in [0.15, 0.2) is 52.9 Å². The topological polar surface area (TPSA) is 64.8 Å². The van der Waals surface area contributed by atoms with E-state index in [-0.39, 0.29) is 5.97 Å². The Kier molecular flexibility index (Phi) is 7.39. The van der Waals surface area contributed by atoms with E-state index in [9.17, 15) is 4.79 Å². The minimum atomic E-state index is -1.09. The van der Waals surface area contributed by atoms with Crippen molar-refractivity contribution >= 4 is 23.1 Å². The van der Waals surface area contributed by atoms with Gasteiger partial charge >= 0.3 is 5.97 Å². The van der Waals surface area contributed by atoms with Crippen LogP contribution in [0.2, 0.25) is 0 Å². The molecule has 0 unspecified atom stereocenters. The predicted octanol–water partition coefficient (Wildman–Crippen LogP) is 6.71. The first-order chi connectivity index (χ1) is 16.6. The lowest BCUT2D eigenvalue weighted by atomic mass is 9.94. The lowest BCUT2D eigenvalue weighted by Gasteiger charge is -2.33. The molecule has 188 valence electrons. The summed E-state index contributed by atoms with van der Waals surface area (Å²) in [6, 6.07) is 17.0. The van der Waals surface area contributed by atoms with Gasteiger partial charge in [-0.3, -0.25) is 0 Å². The maximum atomic E-state index is 12.6. The zero-order chi connectivity index (χ0) is 25.1. The minimum absolute atomic E-state index is 0.380. The third-order valence-electron chi connectivity index (χ3n) is 6.35. The van der Waals surface area contributed by atoms with Crippen LogP contribution in [-0.2, 0) is 16.0 Å². The number of para-hydroxylation sites is 2. The highest BCUT2D eigenvalue weighted by atomic mass is 16.6. The van der Waals surface area contributed by atoms with Gasteiger partial charge in [0.05, 0.1) is 0 Å². The van der Waals surface area contributed by atoms with Crippen LogP contribution in [0.1, 0.15) is 72.3 Å². The summed E-state index contributed by atoms with van der Waals surface area (Å²) in [6.45, 7) is 9.86. The molecule has 1 saturated carbocycles. The third-order valence-corrected chi connectivity index (χ3v) is 6.35. The van der Waals surface area contributed by atoms with Gasteiger partial charge in [0.1, 0.15) is 16.9 Å². The molecular formula is C29H38N2O4. The summed E-state index contributed by atoms with van der Waals surface area (Å²) < 4.78 is 17.8. The number of benzene rings is 2. The van der Waals surface area contributed by atoms with Crippen molar-refractivity contribution in [1.82, 2.24) is 4.98 Å². The van der Waals surface area contributed by atoms with Gasteiger partial charge in [-0.1, -0.05) is 43.5 Å². The second-order valence-corrected chi connectivity index (χ2v) is 11.0. The van der Waals surface area contributed by atoms with Gasteiger partial charge in [-0.2, -0.15) is 4.98 Å². The molecule has 1 aliphatic rings. The van der Waals surface area contributed by atoms with E-state index < -0.39 is 11.2 Å². The number of hydrogen-bond donors (Lipinski definition) is 0. The first-order valence-electron chi connectivity index (χ1n) is 12.7. The van der Waals surface area contributed by atoms with Crippen molar-refractivity contribution in [1.29, 1.82) is 0 Å². The Labute approximate surface area is 208 Å². The first kappa shape index (κ1) is 25.1. The molecule has 6 nitrogen and oxygen atoms in total. The Morgan fingerprint density at radius 3 is 2.49 bits per heavy atom. The number of esters is 1. The van der Waals surface area contributed by atoms with Crippen LogP contribution in [0, 0.1) is 0 Å². The number of nitrogens with zero attached hydrogens (tertiary/aromatic N) is 2. The average Bonchev–Trinajstić information content (AvgIpc) is 3.23. The van der Waals surface area contributed by atoms with Crippen LogP contribution in [0.4, 0.5) is 6.01 Å². The number of rotatable bonds is 8. The largest absolute Gasteiger partial charge is 0.476 e. The highest BCUT2D eigenvalue weighted by molar-refractivity contribution is 5.79. The fourth-order valence-corrected chi connectivity index (χ4v) is 4.56. The maximum absolute atomic E-state index is 12.6. The third kappa shape index (κ3) is 6.56. The number of ether oxygens (including phenoxy) is 2. The first-order valence-corrected chi connectivity index (χ1v) is 12.7. The Bertz CT molecular complexity index is 1110. The second-order valence-electron chi connectivity index (χ2n) is 11.0. The Balaban J connectivity index is 1.48. The van der Waals surface area contributed by atoms with E-state index >= 15 is 0 Å². The van der Waals surface area contributed by atoms with Crippen LogP contribution < -0.4 is 9.64 Å². The van der Waals surface area contributed by atoms with E-state index in [0.717, 1.165) is 42.5 Å². The number of oxazole rings is 1. The van der Waals surface area contributed by atoms with Gasteiger partial charge in [-0.15, -0.1) is 0 Å². The van der Waals surface area contributed by atoms with Gasteiger partial charge in [0.2, 0.25) is 0 Å². The van der Waals surface area contributed by atoms with Crippen molar-refractivity contribution in [2.75, 3.05) is 11.4 Å². The standard InChI is InChI=1S/C29H38N2O4/c1-28(2,3)35-26(32)29(4,5)34-23-15-11-12-21(20-23)18-19-31(22-13-7-6-8-14-22)27-30-24-16-9-10-17-25(24)33-27/h9-12,15-17,20,22H,6-8,13-14,18-19H2,1-5H3. The predicted molar refractivity (Wildman–Crippen MR) is 139 cm³/mol. The van der Waals surface area contributed by atoms with Gasteiger partial charge in [0.15, 0.2) is 11.2 Å². The van der Waals surface area contributed by atoms with Crippen molar-refractivity contribution in [3.05, 3.63) is 54.1 Å². The number of carbonyl (C=O) groups is 1. The van der Waals surface area contributed by atoms with Crippen LogP contribution in [-0.4, -0.2) is 34.7 Å². The maximum Gasteiger partial charge on any atom is 0.350 e. The summed E-state index contributed by atoms with van der Waals surface area (Å²) in [4.78, 5) is 19.8. The Hall–Kier alpha value is -3.02. The lowest BCUT2D eigenvalue weighted by molar-refractivity contribution is -0.170. The molecule has 0 saturated heterocycles. The zero-order valence-corrected chi connectivity index (χ0v) is 21.7. The molecule has 2 aromatic carbocycles. The molecule has 1 heterocycles. The number of aromatic nitrogens is 1. The van der Waals surface area contributed by atoms with E-state index in [1.165, 1.54) is 19.3 Å². The Morgan fingerprint density at radius 1 is 1.03 bits per heavy atom. The number of fused-ring (bicyclic) bond motifs is 1. The molecule has 1 aliphatic carbocycles. The monoisotopic (exact) mass is 478 g/mol. The molecule has 0 spiro atoms. The summed E-state index contributed by atoms with van der Waals surface area (Å²) in [7, 11) is 0. The zero-order valence-electron chi connectivity index (χ0n) is 21.7. The summed E-state index contributed by atoms with van der Waals surface area (Å²) in [6.07, 6.45) is 6.91. The van der Waals surface area contributed by atoms with E-state index in [2.05, 4.69) is 11.0 Å². The minimum Gasteiger partial charge on any atom is -0.476 e. The fourth-order valence-electron chi connectivity index (χ4n) is 4.56. The van der Waals surface area contributed by atoms with Crippen molar-refractivity contribution in [2.45, 2.75) is 90.4 Å². The molecule has 0 bridgehead atoms. The number of hydrogen-bond acceptors (Lipinski definition) is 6. The van der Waals surface area contributed by atoms with Gasteiger partial charge < -0.3 is 18.8 Å². The molecule has 0 atom stereocenters. The summed E-state index contributed by atoms with van der Waals surface area (Å²) in [5.41, 5.74) is 1.20. The molecular weight excluding hydrogens is 440 g/mol. The average molecular weight is 479 g/mol. The molecule has 0 aliphatic heterocycles. The lowest BCUT2D eigenvalue weighted by Crippen LogP contribution is -2.43. The normalized spacial score (nSPS) is 15.2. The Morgan fingerprint density at radius 2 is 1.77 bits per heavy atom. The van der Waals surface area contributed by atoms with Gasteiger partial charge in [-0.25, -0.2) is 4.79 Å². The quantitative estimate of drug-likeness (QED) is 0.335. The summed E-state index contributed by atoms with van der Waals surface area (Å²) >= 11 is 0. The highest BCUT2D eigenvalue weighted by Gasteiger charge is 2.35. The molecule has 35 heavy (non-hydrogen) atoms. The van der Waals surface area contributed by atoms with E-state index in [4.69, 9.17) is 18.9 Å². The van der Waals surface area contributed by atoms with Crippen LogP contribution in [0.5, 0.6) is 5.75 Å². The van der Waals surface area contributed by atoms with Gasteiger partial charge in [-0.05, 0) is 83.7 Å². The molecule has 1 aromatic heterocycles. The molecule has 6 heteroatoms. The van der Waals surface area contributed by atoms with Gasteiger partial charge in [0.25, 0.3) is 6.01 Å². The van der Waals surface area contributed by atoms with Gasteiger partial charge in [0, 0.05) is 12.6 Å². The molecule has 0 amide bonds. The fraction of sp³-hybridized carbons (Fsp3) is 0.517. The summed E-state index contributed by atoms with van der Waals surface area (Å²) in [5, 5.41) is 0. The molecule has 0 radical (unpaired) electrons. The smallest absolute Gasteiger partial charge is 0.350 e. The second kappa shape index (κ2) is 10.3. The molecule has 1 fully saturated rings. The molecule has 3 aromatic rings. The van der Waals surface area contributed by atoms with Crippen LogP contribution in [0.25, 0.3) is 11.1 Å². The number of carbonyl (C=O) groups excluding carboxylic acids is 1.